The van der Waals surface area contributed by atoms with Crippen molar-refractivity contribution in [1.82, 2.24) is 4.98 Å². The number of anilines is 1. The van der Waals surface area contributed by atoms with Crippen molar-refractivity contribution in [3.63, 3.8) is 0 Å². The first-order chi connectivity index (χ1) is 7.22. The number of ether oxygens (including phenoxy) is 2. The molecule has 0 spiro atoms. The maximum Gasteiger partial charge on any atom is 0.343 e. The summed E-state index contributed by atoms with van der Waals surface area (Å²) in [5.41, 5.74) is 0.332. The first kappa shape index (κ1) is 11.3. The summed E-state index contributed by atoms with van der Waals surface area (Å²) < 4.78 is 9.87. The molecule has 1 N–H and O–H groups in total. The quantitative estimate of drug-likeness (QED) is 0.759. The topological polar surface area (TPSA) is 60.5 Å². The summed E-state index contributed by atoms with van der Waals surface area (Å²) in [4.78, 5) is 15.5. The number of pyridine rings is 1. The zero-order valence-corrected chi connectivity index (χ0v) is 9.03. The average molecular weight is 210 g/mol. The number of esters is 1. The maximum atomic E-state index is 11.5. The van der Waals surface area contributed by atoms with Crippen LogP contribution in [0.1, 0.15) is 17.3 Å². The average Bonchev–Trinajstić information content (AvgIpc) is 2.28. The number of carbonyl (C=O) groups excluding carboxylic acids is 1. The summed E-state index contributed by atoms with van der Waals surface area (Å²) in [7, 11) is 3.20. The van der Waals surface area contributed by atoms with E-state index in [0.29, 0.717) is 18.0 Å². The fourth-order valence-electron chi connectivity index (χ4n) is 1.10. The molecule has 1 rings (SSSR count). The monoisotopic (exact) mass is 210 g/mol. The van der Waals surface area contributed by atoms with Gasteiger partial charge < -0.3 is 14.8 Å². The molecule has 0 aliphatic rings. The molecule has 1 heterocycles. The van der Waals surface area contributed by atoms with Gasteiger partial charge >= 0.3 is 5.97 Å². The molecule has 0 atom stereocenters. The minimum absolute atomic E-state index is 0.264. The molecular weight excluding hydrogens is 196 g/mol. The molecule has 82 valence electrons. The number of hydrogen-bond acceptors (Lipinski definition) is 5. The second-order valence-electron chi connectivity index (χ2n) is 2.72. The van der Waals surface area contributed by atoms with Crippen LogP contribution >= 0.6 is 0 Å². The van der Waals surface area contributed by atoms with Crippen LogP contribution < -0.4 is 10.1 Å². The van der Waals surface area contributed by atoms with Crippen molar-refractivity contribution in [3.8, 4) is 5.88 Å². The Kier molecular flexibility index (Phi) is 3.91. The number of nitrogens with zero attached hydrogens (tertiary/aromatic N) is 1. The molecule has 0 saturated carbocycles. The van der Waals surface area contributed by atoms with Crippen molar-refractivity contribution in [3.05, 3.63) is 17.7 Å². The fourth-order valence-corrected chi connectivity index (χ4v) is 1.10. The third-order valence-corrected chi connectivity index (χ3v) is 1.81. The fraction of sp³-hybridized carbons (Fsp3) is 0.400. The molecule has 0 amide bonds. The SMILES string of the molecule is CCOC(=O)c1ccc(NC)nc1OC. The molecule has 5 nitrogen and oxygen atoms in total. The minimum atomic E-state index is -0.426. The summed E-state index contributed by atoms with van der Waals surface area (Å²) in [5, 5.41) is 2.86. The Hall–Kier alpha value is -1.78. The number of nitrogens with one attached hydrogen (secondary N) is 1. The predicted octanol–water partition coefficient (Wildman–Crippen LogP) is 1.31. The Morgan fingerprint density at radius 2 is 2.27 bits per heavy atom. The number of carbonyl (C=O) groups is 1. The van der Waals surface area contributed by atoms with Crippen LogP contribution in [0.25, 0.3) is 0 Å². The third kappa shape index (κ3) is 2.59. The van der Waals surface area contributed by atoms with Gasteiger partial charge in [0.15, 0.2) is 0 Å². The van der Waals surface area contributed by atoms with Gasteiger partial charge in [0.25, 0.3) is 0 Å². The Morgan fingerprint density at radius 3 is 2.80 bits per heavy atom. The minimum Gasteiger partial charge on any atom is -0.480 e. The van der Waals surface area contributed by atoms with Gasteiger partial charge in [0.1, 0.15) is 11.4 Å². The van der Waals surface area contributed by atoms with E-state index in [1.165, 1.54) is 7.11 Å². The van der Waals surface area contributed by atoms with Gasteiger partial charge in [-0.2, -0.15) is 4.98 Å². The van der Waals surface area contributed by atoms with Crippen molar-refractivity contribution < 1.29 is 14.3 Å². The second kappa shape index (κ2) is 5.19. The normalized spacial score (nSPS) is 9.53. The summed E-state index contributed by atoms with van der Waals surface area (Å²) >= 11 is 0. The lowest BCUT2D eigenvalue weighted by Crippen LogP contribution is -2.08. The zero-order chi connectivity index (χ0) is 11.3. The molecule has 0 aromatic carbocycles. The molecule has 5 heteroatoms. The summed E-state index contributed by atoms with van der Waals surface area (Å²) in [6, 6.07) is 3.31. The number of hydrogen-bond donors (Lipinski definition) is 1. The van der Waals surface area contributed by atoms with Crippen molar-refractivity contribution in [2.45, 2.75) is 6.92 Å². The highest BCUT2D eigenvalue weighted by molar-refractivity contribution is 5.92. The Morgan fingerprint density at radius 1 is 1.53 bits per heavy atom. The van der Waals surface area contributed by atoms with Gasteiger partial charge in [-0.05, 0) is 19.1 Å². The van der Waals surface area contributed by atoms with E-state index in [2.05, 4.69) is 10.3 Å². The zero-order valence-electron chi connectivity index (χ0n) is 9.03. The van der Waals surface area contributed by atoms with Gasteiger partial charge in [-0.15, -0.1) is 0 Å². The molecule has 0 aliphatic heterocycles. The molecule has 0 saturated heterocycles. The van der Waals surface area contributed by atoms with Gasteiger partial charge in [-0.25, -0.2) is 4.79 Å². The van der Waals surface area contributed by atoms with Crippen LogP contribution in [0.3, 0.4) is 0 Å². The molecule has 1 aromatic heterocycles. The van der Waals surface area contributed by atoms with E-state index in [0.717, 1.165) is 0 Å². The third-order valence-electron chi connectivity index (χ3n) is 1.81. The van der Waals surface area contributed by atoms with Crippen molar-refractivity contribution in [2.75, 3.05) is 26.1 Å². The van der Waals surface area contributed by atoms with Gasteiger partial charge in [0, 0.05) is 7.05 Å². The van der Waals surface area contributed by atoms with E-state index in [1.807, 2.05) is 0 Å². The van der Waals surface area contributed by atoms with Crippen LogP contribution in [0.5, 0.6) is 5.88 Å². The predicted molar refractivity (Wildman–Crippen MR) is 56.3 cm³/mol. The van der Waals surface area contributed by atoms with Gasteiger partial charge in [-0.1, -0.05) is 0 Å². The van der Waals surface area contributed by atoms with Crippen LogP contribution in [0, 0.1) is 0 Å². The van der Waals surface area contributed by atoms with E-state index >= 15 is 0 Å². The Bertz CT molecular complexity index is 353. The van der Waals surface area contributed by atoms with Crippen molar-refractivity contribution >= 4 is 11.8 Å². The highest BCUT2D eigenvalue weighted by atomic mass is 16.5. The largest absolute Gasteiger partial charge is 0.480 e. The first-order valence-corrected chi connectivity index (χ1v) is 4.62. The Balaban J connectivity index is 3.02. The van der Waals surface area contributed by atoms with Crippen LogP contribution in [-0.4, -0.2) is 31.7 Å². The number of aromatic nitrogens is 1. The van der Waals surface area contributed by atoms with Crippen molar-refractivity contribution in [2.24, 2.45) is 0 Å². The molecule has 15 heavy (non-hydrogen) atoms. The first-order valence-electron chi connectivity index (χ1n) is 4.62. The lowest BCUT2D eigenvalue weighted by atomic mass is 10.2. The smallest absolute Gasteiger partial charge is 0.343 e. The standard InChI is InChI=1S/C10H14N2O3/c1-4-15-10(13)7-5-6-8(11-2)12-9(7)14-3/h5-6H,4H2,1-3H3,(H,11,12). The highest BCUT2D eigenvalue weighted by Crippen LogP contribution is 2.18. The van der Waals surface area contributed by atoms with Crippen LogP contribution in [-0.2, 0) is 4.74 Å². The molecule has 0 fully saturated rings. The molecule has 1 aromatic rings. The molecular formula is C10H14N2O3. The maximum absolute atomic E-state index is 11.5. The summed E-state index contributed by atoms with van der Waals surface area (Å²) in [6.45, 7) is 2.08. The van der Waals surface area contributed by atoms with E-state index in [1.54, 1.807) is 26.1 Å². The summed E-state index contributed by atoms with van der Waals surface area (Å²) in [5.74, 6) is 0.477. The number of rotatable bonds is 4. The van der Waals surface area contributed by atoms with Gasteiger partial charge in [-0.3, -0.25) is 0 Å². The van der Waals surface area contributed by atoms with Crippen LogP contribution in [0.4, 0.5) is 5.82 Å². The lowest BCUT2D eigenvalue weighted by Gasteiger charge is -2.08. The molecule has 0 unspecified atom stereocenters. The molecule has 0 bridgehead atoms. The van der Waals surface area contributed by atoms with Crippen LogP contribution in [0.15, 0.2) is 12.1 Å². The Labute approximate surface area is 88.4 Å². The lowest BCUT2D eigenvalue weighted by molar-refractivity contribution is 0.0522. The molecule has 0 radical (unpaired) electrons. The van der Waals surface area contributed by atoms with Crippen molar-refractivity contribution in [1.29, 1.82) is 0 Å². The van der Waals surface area contributed by atoms with E-state index < -0.39 is 5.97 Å². The van der Waals surface area contributed by atoms with E-state index in [9.17, 15) is 4.79 Å². The van der Waals surface area contributed by atoms with E-state index in [-0.39, 0.29) is 5.88 Å². The van der Waals surface area contributed by atoms with Crippen LogP contribution in [0.2, 0.25) is 0 Å². The second-order valence-corrected chi connectivity index (χ2v) is 2.72. The number of methoxy groups -OCH3 is 1. The van der Waals surface area contributed by atoms with Gasteiger partial charge in [0.2, 0.25) is 5.88 Å². The highest BCUT2D eigenvalue weighted by Gasteiger charge is 2.14. The molecule has 0 aliphatic carbocycles. The van der Waals surface area contributed by atoms with Gasteiger partial charge in [0.05, 0.1) is 13.7 Å². The summed E-state index contributed by atoms with van der Waals surface area (Å²) in [6.07, 6.45) is 0. The van der Waals surface area contributed by atoms with E-state index in [4.69, 9.17) is 9.47 Å².